The van der Waals surface area contributed by atoms with Crippen LogP contribution in [0.5, 0.6) is 0 Å². The Kier molecular flexibility index (Phi) is 4.21. The summed E-state index contributed by atoms with van der Waals surface area (Å²) in [5, 5.41) is 4.20. The number of benzene rings is 1. The predicted octanol–water partition coefficient (Wildman–Crippen LogP) is 2.78. The van der Waals surface area contributed by atoms with Crippen molar-refractivity contribution in [3.63, 3.8) is 0 Å². The second-order valence-corrected chi connectivity index (χ2v) is 4.88. The highest BCUT2D eigenvalue weighted by Crippen LogP contribution is 2.26. The Hall–Kier alpha value is -0.830. The minimum absolute atomic E-state index is 0.273. The lowest BCUT2D eigenvalue weighted by atomic mass is 10.0. The largest absolute Gasteiger partial charge is 0.314 e. The zero-order valence-corrected chi connectivity index (χ0v) is 11.0. The Morgan fingerprint density at radius 3 is 2.71 bits per heavy atom. The van der Waals surface area contributed by atoms with Gasteiger partial charge in [0.25, 0.3) is 0 Å². The quantitative estimate of drug-likeness (QED) is 0.830. The lowest BCUT2D eigenvalue weighted by molar-refractivity contribution is 0.203. The molecule has 17 heavy (non-hydrogen) atoms. The molecule has 3 heteroatoms. The van der Waals surface area contributed by atoms with Gasteiger partial charge in [0.15, 0.2) is 0 Å². The SMILES string of the molecule is C=C[C@@H](c1ccc(C)c(Cl)c1)N1CCNCC1. The van der Waals surface area contributed by atoms with Crippen LogP contribution in [0.15, 0.2) is 30.9 Å². The maximum Gasteiger partial charge on any atom is 0.0530 e. The second-order valence-electron chi connectivity index (χ2n) is 4.48. The van der Waals surface area contributed by atoms with Crippen LogP contribution in [0.3, 0.4) is 0 Å². The first-order chi connectivity index (χ1) is 8.22. The summed E-state index contributed by atoms with van der Waals surface area (Å²) in [6, 6.07) is 6.56. The van der Waals surface area contributed by atoms with Gasteiger partial charge in [-0.2, -0.15) is 0 Å². The molecule has 0 radical (unpaired) electrons. The third-order valence-electron chi connectivity index (χ3n) is 3.31. The van der Waals surface area contributed by atoms with Crippen LogP contribution in [-0.2, 0) is 0 Å². The van der Waals surface area contributed by atoms with Crippen LogP contribution in [0.2, 0.25) is 5.02 Å². The maximum atomic E-state index is 6.19. The van der Waals surface area contributed by atoms with E-state index in [0.29, 0.717) is 0 Å². The molecule has 0 unspecified atom stereocenters. The van der Waals surface area contributed by atoms with Gasteiger partial charge < -0.3 is 5.32 Å². The monoisotopic (exact) mass is 250 g/mol. The van der Waals surface area contributed by atoms with Crippen LogP contribution in [0.4, 0.5) is 0 Å². The normalized spacial score (nSPS) is 18.9. The number of hydrogen-bond donors (Lipinski definition) is 1. The van der Waals surface area contributed by atoms with Gasteiger partial charge in [0.05, 0.1) is 6.04 Å². The van der Waals surface area contributed by atoms with E-state index in [9.17, 15) is 0 Å². The van der Waals surface area contributed by atoms with Crippen molar-refractivity contribution in [2.75, 3.05) is 26.2 Å². The summed E-state index contributed by atoms with van der Waals surface area (Å²) >= 11 is 6.19. The third-order valence-corrected chi connectivity index (χ3v) is 3.71. The van der Waals surface area contributed by atoms with Gasteiger partial charge in [-0.15, -0.1) is 6.58 Å². The molecule has 0 aliphatic carbocycles. The van der Waals surface area contributed by atoms with E-state index in [0.717, 1.165) is 36.8 Å². The van der Waals surface area contributed by atoms with Crippen molar-refractivity contribution in [2.24, 2.45) is 0 Å². The van der Waals surface area contributed by atoms with Gasteiger partial charge >= 0.3 is 0 Å². The standard InChI is InChI=1S/C14H19ClN2/c1-3-14(17-8-6-16-7-9-17)12-5-4-11(2)13(15)10-12/h3-5,10,14,16H,1,6-9H2,2H3/t14-/m0/s1. The van der Waals surface area contributed by atoms with Crippen LogP contribution in [0.1, 0.15) is 17.2 Å². The predicted molar refractivity (Wildman–Crippen MR) is 73.6 cm³/mol. The molecule has 1 saturated heterocycles. The molecular weight excluding hydrogens is 232 g/mol. The highest BCUT2D eigenvalue weighted by Gasteiger charge is 2.19. The van der Waals surface area contributed by atoms with Crippen molar-refractivity contribution in [1.29, 1.82) is 0 Å². The number of halogens is 1. The molecule has 1 aromatic rings. The van der Waals surface area contributed by atoms with E-state index in [4.69, 9.17) is 11.6 Å². The number of piperazine rings is 1. The molecule has 2 nitrogen and oxygen atoms in total. The maximum absolute atomic E-state index is 6.19. The molecule has 1 fully saturated rings. The van der Waals surface area contributed by atoms with E-state index < -0.39 is 0 Å². The molecule has 0 amide bonds. The summed E-state index contributed by atoms with van der Waals surface area (Å²) in [7, 11) is 0. The van der Waals surface area contributed by atoms with Gasteiger partial charge in [-0.05, 0) is 24.1 Å². The first kappa shape index (κ1) is 12.6. The molecule has 1 atom stereocenters. The molecule has 0 aromatic heterocycles. The molecule has 1 aromatic carbocycles. The molecule has 1 N–H and O–H groups in total. The van der Waals surface area contributed by atoms with E-state index in [1.54, 1.807) is 0 Å². The summed E-state index contributed by atoms with van der Waals surface area (Å²) in [5.41, 5.74) is 2.36. The van der Waals surface area contributed by atoms with Crippen molar-refractivity contribution in [3.8, 4) is 0 Å². The second kappa shape index (κ2) is 5.67. The van der Waals surface area contributed by atoms with Crippen LogP contribution >= 0.6 is 11.6 Å². The summed E-state index contributed by atoms with van der Waals surface area (Å²) in [6.07, 6.45) is 2.01. The first-order valence-corrected chi connectivity index (χ1v) is 6.43. The lowest BCUT2D eigenvalue weighted by Crippen LogP contribution is -2.44. The Morgan fingerprint density at radius 1 is 1.41 bits per heavy atom. The molecule has 1 aliphatic rings. The van der Waals surface area contributed by atoms with Gasteiger partial charge in [0, 0.05) is 31.2 Å². The van der Waals surface area contributed by atoms with Gasteiger partial charge in [-0.3, -0.25) is 4.90 Å². The molecule has 0 bridgehead atoms. The van der Waals surface area contributed by atoms with Crippen molar-refractivity contribution in [2.45, 2.75) is 13.0 Å². The third kappa shape index (κ3) is 2.89. The minimum atomic E-state index is 0.273. The molecule has 0 spiro atoms. The van der Waals surface area contributed by atoms with Crippen molar-refractivity contribution in [3.05, 3.63) is 47.0 Å². The highest BCUT2D eigenvalue weighted by molar-refractivity contribution is 6.31. The van der Waals surface area contributed by atoms with Crippen molar-refractivity contribution in [1.82, 2.24) is 10.2 Å². The number of rotatable bonds is 3. The van der Waals surface area contributed by atoms with E-state index in [1.807, 2.05) is 13.0 Å². The van der Waals surface area contributed by atoms with Crippen LogP contribution in [0, 0.1) is 6.92 Å². The highest BCUT2D eigenvalue weighted by atomic mass is 35.5. The smallest absolute Gasteiger partial charge is 0.0530 e. The summed E-state index contributed by atoms with van der Waals surface area (Å²) in [6.45, 7) is 10.2. The number of hydrogen-bond acceptors (Lipinski definition) is 2. The van der Waals surface area contributed by atoms with Crippen LogP contribution in [-0.4, -0.2) is 31.1 Å². The van der Waals surface area contributed by atoms with E-state index in [1.165, 1.54) is 5.56 Å². The molecule has 2 rings (SSSR count). The summed E-state index contributed by atoms with van der Waals surface area (Å²) in [5.74, 6) is 0. The lowest BCUT2D eigenvalue weighted by Gasteiger charge is -2.33. The Labute approximate surface area is 108 Å². The van der Waals surface area contributed by atoms with Crippen LogP contribution in [0.25, 0.3) is 0 Å². The Morgan fingerprint density at radius 2 is 2.12 bits per heavy atom. The fourth-order valence-electron chi connectivity index (χ4n) is 2.25. The first-order valence-electron chi connectivity index (χ1n) is 6.06. The zero-order valence-electron chi connectivity index (χ0n) is 10.2. The molecular formula is C14H19ClN2. The average molecular weight is 251 g/mol. The van der Waals surface area contributed by atoms with E-state index in [2.05, 4.69) is 35.0 Å². The Bertz CT molecular complexity index is 397. The van der Waals surface area contributed by atoms with Crippen LogP contribution < -0.4 is 5.32 Å². The minimum Gasteiger partial charge on any atom is -0.314 e. The number of nitrogens with one attached hydrogen (secondary N) is 1. The van der Waals surface area contributed by atoms with Crippen molar-refractivity contribution >= 4 is 11.6 Å². The van der Waals surface area contributed by atoms with Gasteiger partial charge in [-0.1, -0.05) is 29.8 Å². The van der Waals surface area contributed by atoms with E-state index >= 15 is 0 Å². The molecule has 1 heterocycles. The van der Waals surface area contributed by atoms with Gasteiger partial charge in [0.1, 0.15) is 0 Å². The number of nitrogens with zero attached hydrogens (tertiary/aromatic N) is 1. The van der Waals surface area contributed by atoms with Crippen molar-refractivity contribution < 1.29 is 0 Å². The molecule has 0 saturated carbocycles. The van der Waals surface area contributed by atoms with E-state index in [-0.39, 0.29) is 6.04 Å². The fourth-order valence-corrected chi connectivity index (χ4v) is 2.44. The Balaban J connectivity index is 2.21. The summed E-state index contributed by atoms with van der Waals surface area (Å²) in [4.78, 5) is 2.44. The summed E-state index contributed by atoms with van der Waals surface area (Å²) < 4.78 is 0. The molecule has 92 valence electrons. The van der Waals surface area contributed by atoms with Gasteiger partial charge in [-0.25, -0.2) is 0 Å². The number of aryl methyl sites for hydroxylation is 1. The topological polar surface area (TPSA) is 15.3 Å². The molecule has 1 aliphatic heterocycles. The zero-order chi connectivity index (χ0) is 12.3. The fraction of sp³-hybridized carbons (Fsp3) is 0.429. The average Bonchev–Trinajstić information content (AvgIpc) is 2.36. The van der Waals surface area contributed by atoms with Gasteiger partial charge in [0.2, 0.25) is 0 Å².